The number of hydrogen-bond acceptors (Lipinski definition) is 6. The lowest BCUT2D eigenvalue weighted by atomic mass is 9.93. The van der Waals surface area contributed by atoms with Crippen molar-refractivity contribution in [3.8, 4) is 5.88 Å². The summed E-state index contributed by atoms with van der Waals surface area (Å²) in [5, 5.41) is 4.90. The molecule has 0 bridgehead atoms. The molecule has 3 aromatic heterocycles. The molecule has 0 saturated carbocycles. The number of H-pyrrole nitrogens is 1. The number of pyridine rings is 1. The maximum absolute atomic E-state index is 12.6. The third-order valence-corrected chi connectivity index (χ3v) is 5.78. The van der Waals surface area contributed by atoms with Gasteiger partial charge in [0.2, 0.25) is 5.88 Å². The Bertz CT molecular complexity index is 1040. The van der Waals surface area contributed by atoms with Crippen LogP contribution in [0.15, 0.2) is 29.3 Å². The van der Waals surface area contributed by atoms with Gasteiger partial charge >= 0.3 is 0 Å². The Balaban J connectivity index is 1.60. The van der Waals surface area contributed by atoms with Crippen LogP contribution in [0.2, 0.25) is 0 Å². The van der Waals surface area contributed by atoms with Crippen molar-refractivity contribution in [2.45, 2.75) is 45.7 Å². The van der Waals surface area contributed by atoms with Crippen LogP contribution in [-0.4, -0.2) is 49.8 Å². The molecule has 2 atom stereocenters. The first-order valence-corrected chi connectivity index (χ1v) is 10.2. The Morgan fingerprint density at radius 2 is 2.10 bits per heavy atom. The third-order valence-electron chi connectivity index (χ3n) is 5.78. The standard InChI is InChI=1S/C21H28N6O2/c1-5-15-11-26(10-14-6-7-18(29-4)22-8-14)12-17(15)19-24-20-16(21(28)25-19)9-23-27(20)13(2)3/h6-9,13,15,17H,5,10-12H2,1-4H3,(H,24,25,28). The Labute approximate surface area is 169 Å². The predicted octanol–water partition coefficient (Wildman–Crippen LogP) is 2.73. The summed E-state index contributed by atoms with van der Waals surface area (Å²) in [5.41, 5.74) is 1.71. The number of fused-ring (bicyclic) bond motifs is 1. The molecule has 1 saturated heterocycles. The molecule has 4 heterocycles. The van der Waals surface area contributed by atoms with Gasteiger partial charge in [0.15, 0.2) is 5.65 Å². The molecule has 1 fully saturated rings. The lowest BCUT2D eigenvalue weighted by Crippen LogP contribution is -2.21. The molecule has 8 heteroatoms. The smallest absolute Gasteiger partial charge is 0.262 e. The van der Waals surface area contributed by atoms with E-state index in [-0.39, 0.29) is 17.5 Å². The summed E-state index contributed by atoms with van der Waals surface area (Å²) < 4.78 is 6.96. The molecular formula is C21H28N6O2. The molecule has 0 spiro atoms. The number of likely N-dealkylation sites (tertiary alicyclic amines) is 1. The quantitative estimate of drug-likeness (QED) is 0.689. The Kier molecular flexibility index (Phi) is 5.36. The molecule has 3 aromatic rings. The molecule has 0 aromatic carbocycles. The molecule has 29 heavy (non-hydrogen) atoms. The zero-order valence-electron chi connectivity index (χ0n) is 17.4. The van der Waals surface area contributed by atoms with Crippen LogP contribution in [0.4, 0.5) is 0 Å². The average Bonchev–Trinajstić information content (AvgIpc) is 3.32. The van der Waals surface area contributed by atoms with Crippen LogP contribution in [0.5, 0.6) is 5.88 Å². The summed E-state index contributed by atoms with van der Waals surface area (Å²) in [4.78, 5) is 27.2. The van der Waals surface area contributed by atoms with Crippen LogP contribution in [-0.2, 0) is 6.54 Å². The molecule has 154 valence electrons. The minimum atomic E-state index is -0.107. The van der Waals surface area contributed by atoms with Crippen molar-refractivity contribution in [1.82, 2.24) is 29.6 Å². The Hall–Kier alpha value is -2.74. The van der Waals surface area contributed by atoms with E-state index in [0.29, 0.717) is 22.8 Å². The van der Waals surface area contributed by atoms with Crippen LogP contribution in [0.3, 0.4) is 0 Å². The maximum Gasteiger partial charge on any atom is 0.262 e. The normalized spacial score (nSPS) is 20.0. The average molecular weight is 396 g/mol. The van der Waals surface area contributed by atoms with Crippen molar-refractivity contribution in [2.75, 3.05) is 20.2 Å². The molecule has 1 N–H and O–H groups in total. The minimum Gasteiger partial charge on any atom is -0.481 e. The number of aromatic amines is 1. The summed E-state index contributed by atoms with van der Waals surface area (Å²) in [6.07, 6.45) is 4.51. The van der Waals surface area contributed by atoms with Gasteiger partial charge in [-0.2, -0.15) is 5.10 Å². The molecule has 1 aliphatic rings. The van der Waals surface area contributed by atoms with E-state index in [1.165, 1.54) is 0 Å². The van der Waals surface area contributed by atoms with Gasteiger partial charge in [-0.3, -0.25) is 9.69 Å². The van der Waals surface area contributed by atoms with Gasteiger partial charge in [-0.05, 0) is 25.3 Å². The molecule has 4 rings (SSSR count). The molecule has 2 unspecified atom stereocenters. The SMILES string of the molecule is CCC1CN(Cc2ccc(OC)nc2)CC1c1nc2c(cnn2C(C)C)c(=O)[nH]1. The predicted molar refractivity (Wildman–Crippen MR) is 111 cm³/mol. The van der Waals surface area contributed by atoms with E-state index in [2.05, 4.69) is 26.9 Å². The second-order valence-corrected chi connectivity index (χ2v) is 8.05. The first kappa shape index (κ1) is 19.6. The van der Waals surface area contributed by atoms with Crippen LogP contribution >= 0.6 is 0 Å². The number of nitrogens with one attached hydrogen (secondary N) is 1. The van der Waals surface area contributed by atoms with Crippen molar-refractivity contribution in [2.24, 2.45) is 5.92 Å². The number of nitrogens with zero attached hydrogens (tertiary/aromatic N) is 5. The molecular weight excluding hydrogens is 368 g/mol. The molecule has 1 aliphatic heterocycles. The van der Waals surface area contributed by atoms with E-state index in [4.69, 9.17) is 9.72 Å². The number of methoxy groups -OCH3 is 1. The van der Waals surface area contributed by atoms with E-state index in [9.17, 15) is 4.79 Å². The van der Waals surface area contributed by atoms with Crippen LogP contribution < -0.4 is 10.3 Å². The van der Waals surface area contributed by atoms with Crippen LogP contribution in [0, 0.1) is 5.92 Å². The molecule has 0 aliphatic carbocycles. The van der Waals surface area contributed by atoms with Crippen LogP contribution in [0.25, 0.3) is 11.0 Å². The van der Waals surface area contributed by atoms with Crippen molar-refractivity contribution in [3.05, 3.63) is 46.3 Å². The summed E-state index contributed by atoms with van der Waals surface area (Å²) in [5.74, 6) is 2.03. The van der Waals surface area contributed by atoms with E-state index in [0.717, 1.165) is 37.4 Å². The highest BCUT2D eigenvalue weighted by Gasteiger charge is 2.34. The van der Waals surface area contributed by atoms with Crippen LogP contribution in [0.1, 0.15) is 50.5 Å². The fourth-order valence-corrected chi connectivity index (χ4v) is 4.20. The Morgan fingerprint density at radius 1 is 1.28 bits per heavy atom. The van der Waals surface area contributed by atoms with Crippen molar-refractivity contribution < 1.29 is 4.74 Å². The van der Waals surface area contributed by atoms with Gasteiger partial charge in [-0.1, -0.05) is 19.4 Å². The van der Waals surface area contributed by atoms with E-state index >= 15 is 0 Å². The number of aromatic nitrogens is 5. The van der Waals surface area contributed by atoms with Gasteiger partial charge in [0.05, 0.1) is 13.3 Å². The summed E-state index contributed by atoms with van der Waals surface area (Å²) >= 11 is 0. The summed E-state index contributed by atoms with van der Waals surface area (Å²) in [7, 11) is 1.62. The molecule has 0 radical (unpaired) electrons. The second kappa shape index (κ2) is 7.94. The fraction of sp³-hybridized carbons (Fsp3) is 0.524. The third kappa shape index (κ3) is 3.76. The zero-order chi connectivity index (χ0) is 20.5. The van der Waals surface area contributed by atoms with E-state index in [1.54, 1.807) is 13.3 Å². The maximum atomic E-state index is 12.6. The van der Waals surface area contributed by atoms with Crippen molar-refractivity contribution in [3.63, 3.8) is 0 Å². The van der Waals surface area contributed by atoms with Gasteiger partial charge in [0.1, 0.15) is 11.2 Å². The van der Waals surface area contributed by atoms with Gasteiger partial charge in [-0.15, -0.1) is 0 Å². The zero-order valence-corrected chi connectivity index (χ0v) is 17.4. The first-order valence-electron chi connectivity index (χ1n) is 10.2. The highest BCUT2D eigenvalue weighted by molar-refractivity contribution is 5.73. The Morgan fingerprint density at radius 3 is 2.76 bits per heavy atom. The fourth-order valence-electron chi connectivity index (χ4n) is 4.20. The topological polar surface area (TPSA) is 88.9 Å². The first-order chi connectivity index (χ1) is 14.0. The molecule has 8 nitrogen and oxygen atoms in total. The summed E-state index contributed by atoms with van der Waals surface area (Å²) in [6, 6.07) is 4.09. The number of rotatable bonds is 6. The minimum absolute atomic E-state index is 0.107. The highest BCUT2D eigenvalue weighted by atomic mass is 16.5. The largest absolute Gasteiger partial charge is 0.481 e. The van der Waals surface area contributed by atoms with Gasteiger partial charge < -0.3 is 9.72 Å². The lowest BCUT2D eigenvalue weighted by molar-refractivity contribution is 0.313. The summed E-state index contributed by atoms with van der Waals surface area (Å²) in [6.45, 7) is 8.94. The van der Waals surface area contributed by atoms with Gasteiger partial charge in [0, 0.05) is 43.9 Å². The highest BCUT2D eigenvalue weighted by Crippen LogP contribution is 2.34. The molecule has 0 amide bonds. The van der Waals surface area contributed by atoms with Gasteiger partial charge in [0.25, 0.3) is 5.56 Å². The van der Waals surface area contributed by atoms with Crippen molar-refractivity contribution in [1.29, 1.82) is 0 Å². The monoisotopic (exact) mass is 396 g/mol. The lowest BCUT2D eigenvalue weighted by Gasteiger charge is -2.16. The number of ether oxygens (including phenoxy) is 1. The van der Waals surface area contributed by atoms with Gasteiger partial charge in [-0.25, -0.2) is 14.6 Å². The number of hydrogen-bond donors (Lipinski definition) is 1. The van der Waals surface area contributed by atoms with E-state index < -0.39 is 0 Å². The second-order valence-electron chi connectivity index (χ2n) is 8.05. The van der Waals surface area contributed by atoms with Crippen molar-refractivity contribution >= 4 is 11.0 Å². The van der Waals surface area contributed by atoms with E-state index in [1.807, 2.05) is 36.9 Å².